The molecule has 3 rings (SSSR count). The van der Waals surface area contributed by atoms with Gasteiger partial charge in [0.15, 0.2) is 11.6 Å². The van der Waals surface area contributed by atoms with Crippen LogP contribution in [0.4, 0.5) is 0 Å². The molecule has 0 saturated carbocycles. The Balaban J connectivity index is 1.89. The van der Waals surface area contributed by atoms with Crippen molar-refractivity contribution < 1.29 is 4.74 Å². The van der Waals surface area contributed by atoms with Gasteiger partial charge in [-0.2, -0.15) is 9.78 Å². The van der Waals surface area contributed by atoms with Crippen LogP contribution in [0.25, 0.3) is 0 Å². The Hall–Kier alpha value is -2.02. The van der Waals surface area contributed by atoms with E-state index in [9.17, 15) is 0 Å². The van der Waals surface area contributed by atoms with Crippen molar-refractivity contribution in [3.05, 3.63) is 69.5 Å². The third-order valence-corrected chi connectivity index (χ3v) is 4.94. The van der Waals surface area contributed by atoms with Gasteiger partial charge in [0, 0.05) is 6.42 Å². The maximum atomic E-state index is 6.33. The Morgan fingerprint density at radius 3 is 2.43 bits per heavy atom. The van der Waals surface area contributed by atoms with Gasteiger partial charge in [-0.25, -0.2) is 0 Å². The van der Waals surface area contributed by atoms with Gasteiger partial charge in [0.05, 0.1) is 22.4 Å². The first-order chi connectivity index (χ1) is 13.5. The highest BCUT2D eigenvalue weighted by atomic mass is 35.5. The monoisotopic (exact) mass is 434 g/mol. The van der Waals surface area contributed by atoms with E-state index < -0.39 is 0 Å². The molecule has 3 aromatic rings. The van der Waals surface area contributed by atoms with Crippen LogP contribution in [0, 0.1) is 0 Å². The van der Waals surface area contributed by atoms with Gasteiger partial charge in [0.1, 0.15) is 0 Å². The summed E-state index contributed by atoms with van der Waals surface area (Å²) < 4.78 is 7.40. The van der Waals surface area contributed by atoms with Gasteiger partial charge in [-0.1, -0.05) is 65.3 Å². The number of halogens is 2. The Morgan fingerprint density at radius 2 is 1.82 bits per heavy atom. The number of ether oxygens (including phenoxy) is 1. The molecule has 2 aromatic carbocycles. The summed E-state index contributed by atoms with van der Waals surface area (Å²) in [6.07, 6.45) is 4.24. The second-order valence-electron chi connectivity index (χ2n) is 6.30. The molecule has 0 aliphatic heterocycles. The smallest absolute Gasteiger partial charge is 0.211 e. The molecule has 0 atom stereocenters. The van der Waals surface area contributed by atoms with E-state index in [1.54, 1.807) is 23.0 Å². The molecule has 0 saturated heterocycles. The first-order valence-corrected chi connectivity index (χ1v) is 10.7. The minimum atomic E-state index is -0.0174. The van der Waals surface area contributed by atoms with Crippen LogP contribution < -0.4 is 4.74 Å². The first-order valence-electron chi connectivity index (χ1n) is 8.70. The summed E-state index contributed by atoms with van der Waals surface area (Å²) in [5.41, 5.74) is 1.90. The lowest BCUT2D eigenvalue weighted by Gasteiger charge is -2.13. The number of benzene rings is 2. The maximum Gasteiger partial charge on any atom is 0.211 e. The highest BCUT2D eigenvalue weighted by molar-refractivity contribution is 7.98. The molecule has 28 heavy (non-hydrogen) atoms. The zero-order valence-electron chi connectivity index (χ0n) is 15.8. The van der Waals surface area contributed by atoms with Crippen molar-refractivity contribution in [2.75, 3.05) is 6.26 Å². The molecule has 1 aromatic heterocycles. The van der Waals surface area contributed by atoms with E-state index in [0.717, 1.165) is 17.0 Å². The average Bonchev–Trinajstić information content (AvgIpc) is 3.05. The minimum absolute atomic E-state index is 0.0174. The second-order valence-corrected chi connectivity index (χ2v) is 7.89. The van der Waals surface area contributed by atoms with Gasteiger partial charge in [0.2, 0.25) is 5.16 Å². The summed E-state index contributed by atoms with van der Waals surface area (Å²) in [4.78, 5) is 0. The molecule has 0 aliphatic rings. The molecule has 5 nitrogen and oxygen atoms in total. The lowest BCUT2D eigenvalue weighted by Crippen LogP contribution is -2.06. The fraction of sp³-hybridized carbons (Fsp3) is 0.250. The summed E-state index contributed by atoms with van der Waals surface area (Å²) >= 11 is 14.1. The minimum Gasteiger partial charge on any atom is -0.488 e. The number of rotatable bonds is 7. The number of hydrogen-bond acceptors (Lipinski definition) is 5. The third kappa shape index (κ3) is 5.07. The highest BCUT2D eigenvalue weighted by Crippen LogP contribution is 2.34. The van der Waals surface area contributed by atoms with E-state index in [4.69, 9.17) is 27.9 Å². The third-order valence-electron chi connectivity index (χ3n) is 3.76. The summed E-state index contributed by atoms with van der Waals surface area (Å²) in [5.74, 6) is 1.23. The van der Waals surface area contributed by atoms with Gasteiger partial charge in [-0.05, 0) is 43.4 Å². The van der Waals surface area contributed by atoms with Crippen LogP contribution in [0.5, 0.6) is 5.75 Å². The first kappa shape index (κ1) is 20.7. The fourth-order valence-corrected chi connectivity index (χ4v) is 3.60. The SMILES string of the molecule is CSc1nnc(Cc2ccccc2)n1/N=C\c1cc(Cl)c(OC(C)C)c(Cl)c1. The Morgan fingerprint density at radius 1 is 1.14 bits per heavy atom. The largest absolute Gasteiger partial charge is 0.488 e. The van der Waals surface area contributed by atoms with Gasteiger partial charge < -0.3 is 4.74 Å². The van der Waals surface area contributed by atoms with Gasteiger partial charge >= 0.3 is 0 Å². The summed E-state index contributed by atoms with van der Waals surface area (Å²) in [5, 5.41) is 14.7. The molecule has 0 spiro atoms. The number of thioether (sulfide) groups is 1. The van der Waals surface area contributed by atoms with Crippen LogP contribution in [0.3, 0.4) is 0 Å². The van der Waals surface area contributed by atoms with Gasteiger partial charge in [-0.3, -0.25) is 0 Å². The summed E-state index contributed by atoms with van der Waals surface area (Å²) in [7, 11) is 0. The second kappa shape index (κ2) is 9.45. The van der Waals surface area contributed by atoms with Crippen molar-refractivity contribution in [3.8, 4) is 5.75 Å². The number of hydrogen-bond donors (Lipinski definition) is 0. The molecule has 146 valence electrons. The summed E-state index contributed by atoms with van der Waals surface area (Å²) in [6.45, 7) is 3.85. The zero-order valence-corrected chi connectivity index (χ0v) is 18.1. The molecule has 0 amide bonds. The fourth-order valence-electron chi connectivity index (χ4n) is 2.55. The van der Waals surface area contributed by atoms with Crippen LogP contribution in [-0.4, -0.2) is 33.4 Å². The molecular weight excluding hydrogens is 415 g/mol. The van der Waals surface area contributed by atoms with Crippen molar-refractivity contribution >= 4 is 41.2 Å². The van der Waals surface area contributed by atoms with Crippen LogP contribution in [-0.2, 0) is 6.42 Å². The van der Waals surface area contributed by atoms with Crippen LogP contribution in [0.2, 0.25) is 10.0 Å². The average molecular weight is 435 g/mol. The predicted molar refractivity (Wildman–Crippen MR) is 116 cm³/mol. The molecule has 0 fully saturated rings. The Labute approximate surface area is 178 Å². The van der Waals surface area contributed by atoms with E-state index in [2.05, 4.69) is 27.4 Å². The summed E-state index contributed by atoms with van der Waals surface area (Å²) in [6, 6.07) is 13.6. The molecule has 8 heteroatoms. The van der Waals surface area contributed by atoms with Crippen molar-refractivity contribution in [1.82, 2.24) is 14.9 Å². The maximum absolute atomic E-state index is 6.33. The predicted octanol–water partition coefficient (Wildman–Crippen LogP) is 5.57. The van der Waals surface area contributed by atoms with Crippen molar-refractivity contribution in [2.24, 2.45) is 5.10 Å². The number of nitrogens with zero attached hydrogens (tertiary/aromatic N) is 4. The molecule has 0 radical (unpaired) electrons. The molecule has 0 N–H and O–H groups in total. The Kier molecular flexibility index (Phi) is 6.99. The van der Waals surface area contributed by atoms with Crippen molar-refractivity contribution in [3.63, 3.8) is 0 Å². The van der Waals surface area contributed by atoms with Gasteiger partial charge in [0.25, 0.3) is 0 Å². The zero-order chi connectivity index (χ0) is 20.1. The van der Waals surface area contributed by atoms with E-state index in [-0.39, 0.29) is 6.10 Å². The highest BCUT2D eigenvalue weighted by Gasteiger charge is 2.13. The lowest BCUT2D eigenvalue weighted by molar-refractivity contribution is 0.243. The normalized spacial score (nSPS) is 11.5. The quantitative estimate of drug-likeness (QED) is 0.360. The number of aromatic nitrogens is 3. The molecule has 1 heterocycles. The molecule has 0 bridgehead atoms. The molecule has 0 aliphatic carbocycles. The van der Waals surface area contributed by atoms with Crippen molar-refractivity contribution in [1.29, 1.82) is 0 Å². The van der Waals surface area contributed by atoms with Crippen molar-refractivity contribution in [2.45, 2.75) is 31.5 Å². The topological polar surface area (TPSA) is 52.3 Å². The van der Waals surface area contributed by atoms with Gasteiger partial charge in [-0.15, -0.1) is 10.2 Å². The molecular formula is C20H20Cl2N4OS. The van der Waals surface area contributed by atoms with Crippen LogP contribution in [0.1, 0.15) is 30.8 Å². The molecule has 0 unspecified atom stereocenters. The Bertz CT molecular complexity index is 951. The van der Waals surface area contributed by atoms with E-state index in [0.29, 0.717) is 27.4 Å². The standard InChI is InChI=1S/C20H20Cl2N4OS/c1-13(2)27-19-16(21)9-15(10-17(19)22)12-23-26-18(24-25-20(26)28-3)11-14-7-5-4-6-8-14/h4-10,12-13H,11H2,1-3H3/b23-12-. The van der Waals surface area contributed by atoms with E-state index in [1.165, 1.54) is 11.8 Å². The van der Waals surface area contributed by atoms with E-state index >= 15 is 0 Å². The van der Waals surface area contributed by atoms with Crippen LogP contribution >= 0.6 is 35.0 Å². The van der Waals surface area contributed by atoms with Crippen LogP contribution in [0.15, 0.2) is 52.7 Å². The lowest BCUT2D eigenvalue weighted by atomic mass is 10.1. The van der Waals surface area contributed by atoms with E-state index in [1.807, 2.05) is 38.3 Å².